The molecule has 0 amide bonds. The van der Waals surface area contributed by atoms with Crippen molar-refractivity contribution in [2.75, 3.05) is 13.2 Å². The average Bonchev–Trinajstić information content (AvgIpc) is 2.52. The Bertz CT molecular complexity index is 258. The molecule has 1 fully saturated rings. The largest absolute Gasteiger partial charge is 0.465 e. The zero-order valence-corrected chi connectivity index (χ0v) is 8.34. The van der Waals surface area contributed by atoms with Gasteiger partial charge >= 0.3 is 5.97 Å². The van der Waals surface area contributed by atoms with Crippen molar-refractivity contribution in [3.63, 3.8) is 0 Å². The van der Waals surface area contributed by atoms with Crippen molar-refractivity contribution < 1.29 is 14.3 Å². The number of esters is 1. The predicted octanol–water partition coefficient (Wildman–Crippen LogP) is 0.776. The fourth-order valence-corrected chi connectivity index (χ4v) is 1.36. The van der Waals surface area contributed by atoms with Gasteiger partial charge in [0.05, 0.1) is 6.61 Å². The van der Waals surface area contributed by atoms with Gasteiger partial charge in [-0.1, -0.05) is 0 Å². The monoisotopic (exact) mass is 197 g/mol. The highest BCUT2D eigenvalue weighted by atomic mass is 16.5. The second-order valence-corrected chi connectivity index (χ2v) is 3.13. The van der Waals surface area contributed by atoms with Crippen molar-refractivity contribution in [2.45, 2.75) is 26.2 Å². The van der Waals surface area contributed by atoms with Crippen LogP contribution in [0.25, 0.3) is 0 Å². The maximum absolute atomic E-state index is 11.2. The van der Waals surface area contributed by atoms with Gasteiger partial charge in [0.2, 0.25) is 0 Å². The summed E-state index contributed by atoms with van der Waals surface area (Å²) >= 11 is 0. The maximum atomic E-state index is 11.2. The molecule has 0 saturated heterocycles. The molecule has 14 heavy (non-hydrogen) atoms. The summed E-state index contributed by atoms with van der Waals surface area (Å²) in [6, 6.07) is 0. The fourth-order valence-electron chi connectivity index (χ4n) is 1.36. The number of hydrogen-bond acceptors (Lipinski definition) is 4. The first-order valence-electron chi connectivity index (χ1n) is 4.85. The van der Waals surface area contributed by atoms with Gasteiger partial charge in [0.15, 0.2) is 5.78 Å². The Hall–Kier alpha value is -1.32. The SMILES string of the molecule is CCOC(=O)CNC=C1CCCC1=O. The lowest BCUT2D eigenvalue weighted by Crippen LogP contribution is -2.21. The molecule has 4 nitrogen and oxygen atoms in total. The van der Waals surface area contributed by atoms with Gasteiger partial charge in [-0.2, -0.15) is 0 Å². The normalized spacial score (nSPS) is 18.6. The minimum atomic E-state index is -0.296. The molecule has 0 unspecified atom stereocenters. The van der Waals surface area contributed by atoms with Gasteiger partial charge in [0.1, 0.15) is 6.54 Å². The summed E-state index contributed by atoms with van der Waals surface area (Å²) in [4.78, 5) is 22.1. The molecule has 0 aliphatic heterocycles. The van der Waals surface area contributed by atoms with E-state index in [9.17, 15) is 9.59 Å². The van der Waals surface area contributed by atoms with Gasteiger partial charge in [-0.15, -0.1) is 0 Å². The Morgan fingerprint density at radius 3 is 2.93 bits per heavy atom. The fraction of sp³-hybridized carbons (Fsp3) is 0.600. The van der Waals surface area contributed by atoms with Crippen LogP contribution in [0.5, 0.6) is 0 Å². The minimum Gasteiger partial charge on any atom is -0.465 e. The molecule has 1 saturated carbocycles. The number of Topliss-reactive ketones (excluding diaryl/α,β-unsaturated/α-hetero) is 1. The molecule has 0 atom stereocenters. The number of nitrogens with one attached hydrogen (secondary N) is 1. The van der Waals surface area contributed by atoms with E-state index in [2.05, 4.69) is 5.32 Å². The van der Waals surface area contributed by atoms with E-state index in [1.165, 1.54) is 0 Å². The highest BCUT2D eigenvalue weighted by Gasteiger charge is 2.16. The molecule has 0 spiro atoms. The molecule has 1 aliphatic rings. The topological polar surface area (TPSA) is 55.4 Å². The van der Waals surface area contributed by atoms with E-state index < -0.39 is 0 Å². The van der Waals surface area contributed by atoms with Gasteiger partial charge in [0, 0.05) is 18.2 Å². The van der Waals surface area contributed by atoms with Crippen molar-refractivity contribution >= 4 is 11.8 Å². The van der Waals surface area contributed by atoms with Crippen LogP contribution in [0.15, 0.2) is 11.8 Å². The third kappa shape index (κ3) is 3.20. The molecular formula is C10H15NO3. The number of carbonyl (C=O) groups is 2. The summed E-state index contributed by atoms with van der Waals surface area (Å²) in [5.74, 6) is -0.115. The second kappa shape index (κ2) is 5.42. The van der Waals surface area contributed by atoms with Crippen molar-refractivity contribution in [2.24, 2.45) is 0 Å². The van der Waals surface area contributed by atoms with E-state index in [1.807, 2.05) is 0 Å². The van der Waals surface area contributed by atoms with Crippen molar-refractivity contribution in [3.05, 3.63) is 11.8 Å². The molecule has 4 heteroatoms. The standard InChI is InChI=1S/C10H15NO3/c1-2-14-10(13)7-11-6-8-4-3-5-9(8)12/h6,11H,2-5,7H2,1H3. The van der Waals surface area contributed by atoms with E-state index in [0.717, 1.165) is 18.4 Å². The number of allylic oxidation sites excluding steroid dienone is 1. The van der Waals surface area contributed by atoms with Crippen LogP contribution in [0.2, 0.25) is 0 Å². The number of rotatable bonds is 4. The van der Waals surface area contributed by atoms with E-state index >= 15 is 0 Å². The summed E-state index contributed by atoms with van der Waals surface area (Å²) in [6.07, 6.45) is 4.00. The summed E-state index contributed by atoms with van der Waals surface area (Å²) in [6.45, 7) is 2.28. The smallest absolute Gasteiger partial charge is 0.325 e. The molecule has 0 aromatic rings. The predicted molar refractivity (Wildman–Crippen MR) is 51.6 cm³/mol. The van der Waals surface area contributed by atoms with Crippen molar-refractivity contribution in [3.8, 4) is 0 Å². The average molecular weight is 197 g/mol. The van der Waals surface area contributed by atoms with Gasteiger partial charge in [-0.25, -0.2) is 0 Å². The summed E-state index contributed by atoms with van der Waals surface area (Å²) in [7, 11) is 0. The second-order valence-electron chi connectivity index (χ2n) is 3.13. The van der Waals surface area contributed by atoms with Crippen LogP contribution in [-0.4, -0.2) is 24.9 Å². The van der Waals surface area contributed by atoms with E-state index in [1.54, 1.807) is 13.1 Å². The molecule has 0 radical (unpaired) electrons. The first-order chi connectivity index (χ1) is 6.74. The van der Waals surface area contributed by atoms with Crippen LogP contribution in [-0.2, 0) is 14.3 Å². The molecule has 0 aromatic carbocycles. The Morgan fingerprint density at radius 2 is 2.36 bits per heavy atom. The lowest BCUT2D eigenvalue weighted by atomic mass is 10.2. The highest BCUT2D eigenvalue weighted by Crippen LogP contribution is 2.18. The zero-order chi connectivity index (χ0) is 10.4. The summed E-state index contributed by atoms with van der Waals surface area (Å²) in [5, 5.41) is 2.78. The third-order valence-corrected chi connectivity index (χ3v) is 2.04. The number of carbonyl (C=O) groups excluding carboxylic acids is 2. The van der Waals surface area contributed by atoms with Gasteiger partial charge in [-0.3, -0.25) is 9.59 Å². The van der Waals surface area contributed by atoms with E-state index in [4.69, 9.17) is 4.74 Å². The van der Waals surface area contributed by atoms with Crippen LogP contribution < -0.4 is 5.32 Å². The lowest BCUT2D eigenvalue weighted by Gasteiger charge is -2.01. The Labute approximate surface area is 83.3 Å². The van der Waals surface area contributed by atoms with Crippen molar-refractivity contribution in [1.29, 1.82) is 0 Å². The van der Waals surface area contributed by atoms with Gasteiger partial charge < -0.3 is 10.1 Å². The maximum Gasteiger partial charge on any atom is 0.325 e. The highest BCUT2D eigenvalue weighted by molar-refractivity contribution is 5.97. The Balaban J connectivity index is 2.25. The van der Waals surface area contributed by atoms with Crippen LogP contribution in [0.1, 0.15) is 26.2 Å². The number of ether oxygens (including phenoxy) is 1. The summed E-state index contributed by atoms with van der Waals surface area (Å²) in [5.41, 5.74) is 0.786. The Morgan fingerprint density at radius 1 is 1.57 bits per heavy atom. The Kier molecular flexibility index (Phi) is 4.16. The molecule has 0 heterocycles. The molecule has 1 rings (SSSR count). The van der Waals surface area contributed by atoms with Crippen LogP contribution in [0.3, 0.4) is 0 Å². The molecule has 78 valence electrons. The number of hydrogen-bond donors (Lipinski definition) is 1. The van der Waals surface area contributed by atoms with E-state index in [-0.39, 0.29) is 18.3 Å². The van der Waals surface area contributed by atoms with Crippen molar-refractivity contribution in [1.82, 2.24) is 5.32 Å². The number of ketones is 1. The van der Waals surface area contributed by atoms with E-state index in [0.29, 0.717) is 13.0 Å². The minimum absolute atomic E-state index is 0.130. The molecule has 0 aromatic heterocycles. The molecule has 0 bridgehead atoms. The molecule has 1 N–H and O–H groups in total. The summed E-state index contributed by atoms with van der Waals surface area (Å²) < 4.78 is 4.72. The molecular weight excluding hydrogens is 182 g/mol. The van der Waals surface area contributed by atoms with Gasteiger partial charge in [0.25, 0.3) is 0 Å². The lowest BCUT2D eigenvalue weighted by molar-refractivity contribution is -0.141. The quantitative estimate of drug-likeness (QED) is 0.534. The van der Waals surface area contributed by atoms with Crippen LogP contribution in [0, 0.1) is 0 Å². The third-order valence-electron chi connectivity index (χ3n) is 2.04. The zero-order valence-electron chi connectivity index (χ0n) is 8.34. The molecule has 1 aliphatic carbocycles. The first-order valence-corrected chi connectivity index (χ1v) is 4.85. The van der Waals surface area contributed by atoms with Crippen LogP contribution in [0.4, 0.5) is 0 Å². The van der Waals surface area contributed by atoms with Crippen LogP contribution >= 0.6 is 0 Å². The first kappa shape index (κ1) is 10.8. The van der Waals surface area contributed by atoms with Gasteiger partial charge in [-0.05, 0) is 19.8 Å².